The van der Waals surface area contributed by atoms with Crippen LogP contribution in [0.25, 0.3) is 0 Å². The minimum atomic E-state index is -1.60. The monoisotopic (exact) mass is 212 g/mol. The maximum atomic E-state index is 14.0. The van der Waals surface area contributed by atoms with Crippen LogP contribution < -0.4 is 5.32 Å². The lowest BCUT2D eigenvalue weighted by Crippen LogP contribution is -2.43. The van der Waals surface area contributed by atoms with Gasteiger partial charge in [0.25, 0.3) is 0 Å². The number of aromatic nitrogens is 1. The Labute approximate surface area is 84.9 Å². The predicted octanol–water partition coefficient (Wildman–Crippen LogP) is 1.37. The molecule has 0 spiro atoms. The summed E-state index contributed by atoms with van der Waals surface area (Å²) in [5.41, 5.74) is -1.16. The molecule has 2 rings (SSSR count). The number of anilines is 1. The average Bonchev–Trinajstić information content (AvgIpc) is 2.14. The second kappa shape index (κ2) is 3.47. The number of carboxylic acid groups (broad SMARTS) is 1. The van der Waals surface area contributed by atoms with Crippen molar-refractivity contribution >= 4 is 11.8 Å². The maximum Gasteiger partial charge on any atom is 0.409 e. The van der Waals surface area contributed by atoms with E-state index in [-0.39, 0.29) is 24.5 Å². The van der Waals surface area contributed by atoms with E-state index in [1.807, 2.05) is 0 Å². The highest BCUT2D eigenvalue weighted by atomic mass is 19.1. The van der Waals surface area contributed by atoms with Crippen molar-refractivity contribution in [3.63, 3.8) is 0 Å². The van der Waals surface area contributed by atoms with E-state index in [0.717, 1.165) is 0 Å². The molecule has 0 aliphatic carbocycles. The summed E-state index contributed by atoms with van der Waals surface area (Å²) in [6.07, 6.45) is 1.46. The van der Waals surface area contributed by atoms with Gasteiger partial charge in [-0.2, -0.15) is 0 Å². The van der Waals surface area contributed by atoms with Crippen LogP contribution in [0.15, 0.2) is 18.5 Å². The molecule has 2 N–H and O–H groups in total. The minimum Gasteiger partial charge on any atom is -0.465 e. The number of pyridine rings is 1. The van der Waals surface area contributed by atoms with Gasteiger partial charge in [0.2, 0.25) is 0 Å². The van der Waals surface area contributed by atoms with Gasteiger partial charge in [0.15, 0.2) is 5.67 Å². The van der Waals surface area contributed by atoms with Crippen molar-refractivity contribution in [2.24, 2.45) is 0 Å². The van der Waals surface area contributed by atoms with Crippen molar-refractivity contribution in [3.05, 3.63) is 24.0 Å². The normalized spacial score (nSPS) is 17.9. The van der Waals surface area contributed by atoms with E-state index in [1.165, 1.54) is 18.5 Å². The Morgan fingerprint density at radius 3 is 2.93 bits per heavy atom. The number of amides is 1. The summed E-state index contributed by atoms with van der Waals surface area (Å²) in [6.45, 7) is -0.101. The third kappa shape index (κ3) is 1.75. The Morgan fingerprint density at radius 1 is 1.67 bits per heavy atom. The van der Waals surface area contributed by atoms with Crippen molar-refractivity contribution in [1.82, 2.24) is 4.98 Å². The molecule has 5 nitrogen and oxygen atoms in total. The first-order valence-electron chi connectivity index (χ1n) is 4.33. The number of alkyl halides is 1. The molecule has 1 aromatic heterocycles. The van der Waals surface area contributed by atoms with Gasteiger partial charge in [0, 0.05) is 11.8 Å². The third-order valence-corrected chi connectivity index (χ3v) is 2.21. The van der Waals surface area contributed by atoms with Crippen LogP contribution in [0.3, 0.4) is 0 Å². The molecule has 0 saturated carbocycles. The molecule has 80 valence electrons. The Bertz CT molecular complexity index is 393. The molecule has 0 aromatic carbocycles. The quantitative estimate of drug-likeness (QED) is 0.776. The molecule has 1 saturated heterocycles. The highest BCUT2D eigenvalue weighted by Gasteiger charge is 2.42. The van der Waals surface area contributed by atoms with E-state index in [1.54, 1.807) is 0 Å². The fraction of sp³-hybridized carbons (Fsp3) is 0.333. The van der Waals surface area contributed by atoms with Crippen LogP contribution in [0, 0.1) is 0 Å². The second-order valence-corrected chi connectivity index (χ2v) is 3.31. The smallest absolute Gasteiger partial charge is 0.409 e. The van der Waals surface area contributed by atoms with E-state index in [4.69, 9.17) is 9.84 Å². The van der Waals surface area contributed by atoms with Crippen molar-refractivity contribution in [2.75, 3.05) is 18.5 Å². The Balaban J connectivity index is 2.33. The summed E-state index contributed by atoms with van der Waals surface area (Å²) < 4.78 is 18.7. The molecule has 2 heterocycles. The van der Waals surface area contributed by atoms with Crippen molar-refractivity contribution in [3.8, 4) is 0 Å². The number of ether oxygens (including phenoxy) is 1. The van der Waals surface area contributed by atoms with Crippen molar-refractivity contribution < 1.29 is 19.0 Å². The molecule has 0 bridgehead atoms. The van der Waals surface area contributed by atoms with Crippen LogP contribution in [0.2, 0.25) is 0 Å². The molecule has 1 fully saturated rings. The number of hydrogen-bond donors (Lipinski definition) is 2. The molecule has 1 amide bonds. The fourth-order valence-electron chi connectivity index (χ4n) is 1.44. The van der Waals surface area contributed by atoms with E-state index in [0.29, 0.717) is 0 Å². The van der Waals surface area contributed by atoms with Gasteiger partial charge < -0.3 is 9.84 Å². The first kappa shape index (κ1) is 9.85. The molecule has 0 atom stereocenters. The van der Waals surface area contributed by atoms with E-state index in [9.17, 15) is 9.18 Å². The Hall–Kier alpha value is -1.69. The Morgan fingerprint density at radius 2 is 2.40 bits per heavy atom. The number of carbonyl (C=O) groups is 1. The number of hydrogen-bond acceptors (Lipinski definition) is 3. The lowest BCUT2D eigenvalue weighted by Gasteiger charge is -2.34. The summed E-state index contributed by atoms with van der Waals surface area (Å²) in [5, 5.41) is 10.7. The summed E-state index contributed by atoms with van der Waals surface area (Å²) in [6, 6.07) is 1.45. The number of nitrogens with one attached hydrogen (secondary N) is 1. The molecule has 1 aliphatic heterocycles. The summed E-state index contributed by atoms with van der Waals surface area (Å²) in [5.74, 6) is 0. The molecular weight excluding hydrogens is 203 g/mol. The van der Waals surface area contributed by atoms with Gasteiger partial charge >= 0.3 is 6.09 Å². The van der Waals surface area contributed by atoms with Crippen LogP contribution in [0.1, 0.15) is 5.56 Å². The number of rotatable bonds is 2. The van der Waals surface area contributed by atoms with Crippen LogP contribution in [-0.4, -0.2) is 29.4 Å². The van der Waals surface area contributed by atoms with Gasteiger partial charge in [-0.15, -0.1) is 0 Å². The van der Waals surface area contributed by atoms with Gasteiger partial charge in [0.05, 0.1) is 25.1 Å². The molecule has 15 heavy (non-hydrogen) atoms. The highest BCUT2D eigenvalue weighted by Crippen LogP contribution is 2.37. The molecular formula is C9H9FN2O3. The molecule has 0 unspecified atom stereocenters. The summed E-state index contributed by atoms with van der Waals surface area (Å²) in [7, 11) is 0. The van der Waals surface area contributed by atoms with Crippen LogP contribution in [0.4, 0.5) is 14.9 Å². The first-order valence-corrected chi connectivity index (χ1v) is 4.33. The molecule has 1 aromatic rings. The topological polar surface area (TPSA) is 71.5 Å². The zero-order valence-electron chi connectivity index (χ0n) is 7.74. The van der Waals surface area contributed by atoms with E-state index < -0.39 is 11.8 Å². The highest BCUT2D eigenvalue weighted by molar-refractivity contribution is 5.84. The first-order chi connectivity index (χ1) is 7.12. The lowest BCUT2D eigenvalue weighted by atomic mass is 9.93. The average molecular weight is 212 g/mol. The largest absolute Gasteiger partial charge is 0.465 e. The van der Waals surface area contributed by atoms with Crippen LogP contribution in [-0.2, 0) is 10.4 Å². The van der Waals surface area contributed by atoms with Crippen LogP contribution >= 0.6 is 0 Å². The summed E-state index contributed by atoms with van der Waals surface area (Å²) in [4.78, 5) is 14.2. The zero-order valence-corrected chi connectivity index (χ0v) is 7.74. The number of halogens is 1. The standard InChI is InChI=1S/C9H9FN2O3/c10-9(4-15-5-9)6-1-2-11-3-7(6)12-8(13)14/h1-3,12H,4-5H2,(H,13,14). The predicted molar refractivity (Wildman–Crippen MR) is 49.5 cm³/mol. The second-order valence-electron chi connectivity index (χ2n) is 3.31. The summed E-state index contributed by atoms with van der Waals surface area (Å²) >= 11 is 0. The molecule has 6 heteroatoms. The Kier molecular flexibility index (Phi) is 2.28. The lowest BCUT2D eigenvalue weighted by molar-refractivity contribution is -0.134. The van der Waals surface area contributed by atoms with Gasteiger partial charge in [0.1, 0.15) is 0 Å². The fourth-order valence-corrected chi connectivity index (χ4v) is 1.44. The minimum absolute atomic E-state index is 0.0503. The van der Waals surface area contributed by atoms with Crippen molar-refractivity contribution in [2.45, 2.75) is 5.67 Å². The van der Waals surface area contributed by atoms with E-state index in [2.05, 4.69) is 10.3 Å². The number of nitrogens with zero attached hydrogens (tertiary/aromatic N) is 1. The molecule has 0 radical (unpaired) electrons. The van der Waals surface area contributed by atoms with E-state index >= 15 is 0 Å². The van der Waals surface area contributed by atoms with Gasteiger partial charge in [-0.25, -0.2) is 9.18 Å². The zero-order chi connectivity index (χ0) is 10.9. The van der Waals surface area contributed by atoms with Gasteiger partial charge in [-0.3, -0.25) is 10.3 Å². The third-order valence-electron chi connectivity index (χ3n) is 2.21. The maximum absolute atomic E-state index is 14.0. The van der Waals surface area contributed by atoms with Crippen molar-refractivity contribution in [1.29, 1.82) is 0 Å². The van der Waals surface area contributed by atoms with Gasteiger partial charge in [-0.05, 0) is 6.07 Å². The van der Waals surface area contributed by atoms with Crippen LogP contribution in [0.5, 0.6) is 0 Å². The van der Waals surface area contributed by atoms with Gasteiger partial charge in [-0.1, -0.05) is 0 Å². The SMILES string of the molecule is O=C(O)Nc1cnccc1C1(F)COC1. The molecule has 1 aliphatic rings.